The summed E-state index contributed by atoms with van der Waals surface area (Å²) in [6.07, 6.45) is 7.82. The van der Waals surface area contributed by atoms with Crippen molar-refractivity contribution < 1.29 is 4.74 Å². The third-order valence-corrected chi connectivity index (χ3v) is 4.56. The van der Waals surface area contributed by atoms with Gasteiger partial charge in [-0.15, -0.1) is 0 Å². The van der Waals surface area contributed by atoms with Gasteiger partial charge in [-0.25, -0.2) is 9.97 Å². The molecule has 1 fully saturated rings. The third kappa shape index (κ3) is 3.38. The van der Waals surface area contributed by atoms with E-state index in [1.807, 2.05) is 6.07 Å². The van der Waals surface area contributed by atoms with Crippen LogP contribution in [0.3, 0.4) is 0 Å². The van der Waals surface area contributed by atoms with E-state index in [0.29, 0.717) is 12.1 Å². The molecule has 0 saturated heterocycles. The zero-order chi connectivity index (χ0) is 16.2. The molecule has 0 spiro atoms. The maximum atomic E-state index is 6.06. The van der Waals surface area contributed by atoms with Gasteiger partial charge in [-0.2, -0.15) is 5.10 Å². The standard InChI is InChI=1S/C18H21N5O/c1-2-4-13(5-3-1)8-9-24-15-7-6-14(10-15)22-17-16-11-21-23-18(16)20-12-19-17/h1-5,11-12,14-15H,6-10H2,(H2,19,20,21,22,23)/t14-,15+/m1/s1. The summed E-state index contributed by atoms with van der Waals surface area (Å²) in [5.41, 5.74) is 2.09. The van der Waals surface area contributed by atoms with E-state index in [0.717, 1.165) is 49.1 Å². The van der Waals surface area contributed by atoms with Gasteiger partial charge in [0.25, 0.3) is 0 Å². The fourth-order valence-corrected chi connectivity index (χ4v) is 3.28. The fraction of sp³-hybridized carbons (Fsp3) is 0.389. The summed E-state index contributed by atoms with van der Waals surface area (Å²) in [5, 5.41) is 11.4. The van der Waals surface area contributed by atoms with Crippen LogP contribution in [-0.2, 0) is 11.2 Å². The van der Waals surface area contributed by atoms with Crippen molar-refractivity contribution in [2.75, 3.05) is 11.9 Å². The molecule has 0 radical (unpaired) electrons. The third-order valence-electron chi connectivity index (χ3n) is 4.56. The normalized spacial score (nSPS) is 20.5. The van der Waals surface area contributed by atoms with E-state index in [9.17, 15) is 0 Å². The number of rotatable bonds is 6. The molecule has 24 heavy (non-hydrogen) atoms. The first-order valence-corrected chi connectivity index (χ1v) is 8.44. The Kier molecular flexibility index (Phi) is 4.38. The molecule has 1 aliphatic rings. The molecular formula is C18H21N5O. The van der Waals surface area contributed by atoms with E-state index in [1.165, 1.54) is 5.56 Å². The predicted molar refractivity (Wildman–Crippen MR) is 92.8 cm³/mol. The number of aromatic nitrogens is 4. The Morgan fingerprint density at radius 3 is 3.00 bits per heavy atom. The van der Waals surface area contributed by atoms with Crippen LogP contribution in [0, 0.1) is 0 Å². The molecular weight excluding hydrogens is 302 g/mol. The first-order valence-electron chi connectivity index (χ1n) is 8.44. The second-order valence-electron chi connectivity index (χ2n) is 6.24. The number of aromatic amines is 1. The van der Waals surface area contributed by atoms with Gasteiger partial charge >= 0.3 is 0 Å². The highest BCUT2D eigenvalue weighted by Crippen LogP contribution is 2.27. The topological polar surface area (TPSA) is 75.7 Å². The van der Waals surface area contributed by atoms with Gasteiger partial charge in [0.2, 0.25) is 0 Å². The molecule has 0 bridgehead atoms. The summed E-state index contributed by atoms with van der Waals surface area (Å²) in [5.74, 6) is 0.851. The van der Waals surface area contributed by atoms with Gasteiger partial charge in [-0.1, -0.05) is 30.3 Å². The van der Waals surface area contributed by atoms with Crippen LogP contribution in [0.1, 0.15) is 24.8 Å². The van der Waals surface area contributed by atoms with E-state index in [2.05, 4.69) is 49.7 Å². The molecule has 1 saturated carbocycles. The van der Waals surface area contributed by atoms with Gasteiger partial charge in [0.1, 0.15) is 12.1 Å². The van der Waals surface area contributed by atoms with E-state index in [1.54, 1.807) is 12.5 Å². The Balaban J connectivity index is 1.28. The molecule has 1 aliphatic carbocycles. The smallest absolute Gasteiger partial charge is 0.160 e. The Hall–Kier alpha value is -2.47. The molecule has 1 aromatic carbocycles. The first-order chi connectivity index (χ1) is 11.9. The predicted octanol–water partition coefficient (Wildman–Crippen LogP) is 2.95. The van der Waals surface area contributed by atoms with Crippen molar-refractivity contribution in [3.8, 4) is 0 Å². The van der Waals surface area contributed by atoms with E-state index in [4.69, 9.17) is 4.74 Å². The molecule has 2 N–H and O–H groups in total. The summed E-state index contributed by atoms with van der Waals surface area (Å²) in [4.78, 5) is 8.51. The lowest BCUT2D eigenvalue weighted by Crippen LogP contribution is -2.19. The van der Waals surface area contributed by atoms with Gasteiger partial charge in [0.15, 0.2) is 5.65 Å². The second kappa shape index (κ2) is 6.97. The summed E-state index contributed by atoms with van der Waals surface area (Å²) in [6.45, 7) is 0.779. The number of nitrogens with zero attached hydrogens (tertiary/aromatic N) is 3. The molecule has 0 aliphatic heterocycles. The lowest BCUT2D eigenvalue weighted by molar-refractivity contribution is 0.0601. The van der Waals surface area contributed by atoms with Crippen LogP contribution >= 0.6 is 0 Å². The molecule has 6 nitrogen and oxygen atoms in total. The van der Waals surface area contributed by atoms with Gasteiger partial charge < -0.3 is 10.1 Å². The molecule has 4 rings (SSSR count). The number of anilines is 1. The lowest BCUT2D eigenvalue weighted by Gasteiger charge is -2.15. The largest absolute Gasteiger partial charge is 0.378 e. The highest BCUT2D eigenvalue weighted by molar-refractivity contribution is 5.85. The maximum Gasteiger partial charge on any atom is 0.160 e. The van der Waals surface area contributed by atoms with Crippen molar-refractivity contribution in [3.05, 3.63) is 48.4 Å². The Labute approximate surface area is 140 Å². The quantitative estimate of drug-likeness (QED) is 0.729. The molecule has 2 atom stereocenters. The van der Waals surface area contributed by atoms with Crippen LogP contribution in [0.5, 0.6) is 0 Å². The van der Waals surface area contributed by atoms with Crippen molar-refractivity contribution >= 4 is 16.9 Å². The second-order valence-corrected chi connectivity index (χ2v) is 6.24. The summed E-state index contributed by atoms with van der Waals surface area (Å²) in [6, 6.07) is 10.9. The zero-order valence-corrected chi connectivity index (χ0v) is 13.5. The van der Waals surface area contributed by atoms with Crippen LogP contribution in [0.4, 0.5) is 5.82 Å². The lowest BCUT2D eigenvalue weighted by atomic mass is 10.2. The number of hydrogen-bond acceptors (Lipinski definition) is 5. The van der Waals surface area contributed by atoms with Crippen molar-refractivity contribution in [2.45, 2.75) is 37.8 Å². The molecule has 6 heteroatoms. The molecule has 0 unspecified atom stereocenters. The Bertz CT molecular complexity index is 788. The van der Waals surface area contributed by atoms with E-state index < -0.39 is 0 Å². The zero-order valence-electron chi connectivity index (χ0n) is 13.5. The molecule has 3 aromatic rings. The molecule has 2 heterocycles. The van der Waals surface area contributed by atoms with Crippen molar-refractivity contribution in [3.63, 3.8) is 0 Å². The van der Waals surface area contributed by atoms with Gasteiger partial charge in [0.05, 0.1) is 24.3 Å². The Morgan fingerprint density at radius 2 is 2.08 bits per heavy atom. The summed E-state index contributed by atoms with van der Waals surface area (Å²) < 4.78 is 6.06. The van der Waals surface area contributed by atoms with Crippen LogP contribution in [0.2, 0.25) is 0 Å². The van der Waals surface area contributed by atoms with Crippen molar-refractivity contribution in [1.29, 1.82) is 0 Å². The SMILES string of the molecule is c1ccc(CCO[C@H]2CC[C@@H](Nc3ncnc4[nH]ncc34)C2)cc1. The van der Waals surface area contributed by atoms with Gasteiger partial charge in [-0.3, -0.25) is 5.10 Å². The number of ether oxygens (including phenoxy) is 1. The number of H-pyrrole nitrogens is 1. The maximum absolute atomic E-state index is 6.06. The highest BCUT2D eigenvalue weighted by atomic mass is 16.5. The van der Waals surface area contributed by atoms with E-state index >= 15 is 0 Å². The van der Waals surface area contributed by atoms with Crippen molar-refractivity contribution in [1.82, 2.24) is 20.2 Å². The van der Waals surface area contributed by atoms with Crippen LogP contribution in [0.25, 0.3) is 11.0 Å². The number of benzene rings is 1. The summed E-state index contributed by atoms with van der Waals surface area (Å²) in [7, 11) is 0. The minimum absolute atomic E-state index is 0.327. The minimum Gasteiger partial charge on any atom is -0.378 e. The van der Waals surface area contributed by atoms with Crippen LogP contribution in [0.15, 0.2) is 42.9 Å². The molecule has 2 aromatic heterocycles. The van der Waals surface area contributed by atoms with Crippen LogP contribution < -0.4 is 5.32 Å². The average Bonchev–Trinajstić information content (AvgIpc) is 3.26. The monoisotopic (exact) mass is 323 g/mol. The van der Waals surface area contributed by atoms with Crippen molar-refractivity contribution in [2.24, 2.45) is 0 Å². The highest BCUT2D eigenvalue weighted by Gasteiger charge is 2.26. The summed E-state index contributed by atoms with van der Waals surface area (Å²) >= 11 is 0. The van der Waals surface area contributed by atoms with Gasteiger partial charge in [0, 0.05) is 6.04 Å². The first kappa shape index (κ1) is 15.1. The number of fused-ring (bicyclic) bond motifs is 1. The van der Waals surface area contributed by atoms with Gasteiger partial charge in [-0.05, 0) is 31.2 Å². The molecule has 124 valence electrons. The minimum atomic E-state index is 0.327. The van der Waals surface area contributed by atoms with E-state index in [-0.39, 0.29) is 0 Å². The number of hydrogen-bond donors (Lipinski definition) is 2. The van der Waals surface area contributed by atoms with Crippen LogP contribution in [-0.4, -0.2) is 38.9 Å². The number of nitrogens with one attached hydrogen (secondary N) is 2. The average molecular weight is 323 g/mol. The fourth-order valence-electron chi connectivity index (χ4n) is 3.28. The Morgan fingerprint density at radius 1 is 1.17 bits per heavy atom. The molecule has 0 amide bonds.